The minimum atomic E-state index is -1.76. The number of hydrogen-bond acceptors (Lipinski definition) is 8. The van der Waals surface area contributed by atoms with Crippen LogP contribution in [-0.4, -0.2) is 48.6 Å². The molecule has 0 unspecified atom stereocenters. The maximum Gasteiger partial charge on any atom is 0.270 e. The molecule has 0 bridgehead atoms. The topological polar surface area (TPSA) is 116 Å². The number of ketones is 3. The molecule has 2 aliphatic heterocycles. The number of fused-ring (bicyclic) bond motifs is 5. The molecule has 3 atom stereocenters. The van der Waals surface area contributed by atoms with Crippen molar-refractivity contribution in [1.29, 1.82) is 0 Å². The summed E-state index contributed by atoms with van der Waals surface area (Å²) < 4.78 is 11.4. The van der Waals surface area contributed by atoms with Gasteiger partial charge >= 0.3 is 0 Å². The molecule has 2 heterocycles. The van der Waals surface area contributed by atoms with Gasteiger partial charge in [-0.3, -0.25) is 24.5 Å². The SMILES string of the molecule is COc1ccc(OC)c([C@H]2[C@@H](C(=O)c3cccc([N+](=O)[O-])c3)N3c4ccccc4C=C[C@@H]3C23C(=O)c2ccccc2C3=O)c1. The quantitative estimate of drug-likeness (QED) is 0.118. The van der Waals surface area contributed by atoms with E-state index in [4.69, 9.17) is 9.47 Å². The molecule has 9 heteroatoms. The third-order valence-corrected chi connectivity index (χ3v) is 9.10. The van der Waals surface area contributed by atoms with Crippen molar-refractivity contribution in [3.05, 3.63) is 135 Å². The Hall–Kier alpha value is -5.57. The highest BCUT2D eigenvalue weighted by atomic mass is 16.6. The molecule has 44 heavy (non-hydrogen) atoms. The number of nitrogens with zero attached hydrogens (tertiary/aromatic N) is 2. The Morgan fingerprint density at radius 1 is 0.864 bits per heavy atom. The predicted molar refractivity (Wildman–Crippen MR) is 163 cm³/mol. The molecule has 3 aliphatic rings. The van der Waals surface area contributed by atoms with E-state index in [1.807, 2.05) is 41.3 Å². The number of rotatable bonds is 6. The Balaban J connectivity index is 1.58. The summed E-state index contributed by atoms with van der Waals surface area (Å²) in [6, 6.07) is 22.8. The van der Waals surface area contributed by atoms with E-state index < -0.39 is 34.1 Å². The van der Waals surface area contributed by atoms with Gasteiger partial charge in [-0.1, -0.05) is 66.7 Å². The van der Waals surface area contributed by atoms with Gasteiger partial charge in [0, 0.05) is 46.0 Å². The molecule has 0 saturated carbocycles. The summed E-state index contributed by atoms with van der Waals surface area (Å²) >= 11 is 0. The van der Waals surface area contributed by atoms with Crippen molar-refractivity contribution in [2.75, 3.05) is 19.1 Å². The van der Waals surface area contributed by atoms with Crippen molar-refractivity contribution >= 4 is 34.8 Å². The average Bonchev–Trinajstić information content (AvgIpc) is 3.50. The summed E-state index contributed by atoms with van der Waals surface area (Å²) in [5, 5.41) is 11.7. The first-order valence-corrected chi connectivity index (χ1v) is 14.1. The lowest BCUT2D eigenvalue weighted by Gasteiger charge is -2.37. The number of ether oxygens (including phenoxy) is 2. The van der Waals surface area contributed by atoms with Gasteiger partial charge in [0.1, 0.15) is 23.0 Å². The molecule has 0 radical (unpaired) electrons. The number of non-ortho nitro benzene ring substituents is 1. The van der Waals surface area contributed by atoms with Gasteiger partial charge in [0.2, 0.25) is 0 Å². The molecule has 4 aromatic carbocycles. The van der Waals surface area contributed by atoms with Crippen LogP contribution in [0.1, 0.15) is 48.1 Å². The number of nitro groups is 1. The number of carbonyl (C=O) groups is 3. The molecule has 218 valence electrons. The van der Waals surface area contributed by atoms with Crippen molar-refractivity contribution in [1.82, 2.24) is 0 Å². The zero-order valence-electron chi connectivity index (χ0n) is 23.8. The van der Waals surface area contributed by atoms with Gasteiger partial charge < -0.3 is 14.4 Å². The Labute approximate surface area is 252 Å². The summed E-state index contributed by atoms with van der Waals surface area (Å²) in [5.41, 5.74) is 0.609. The Bertz CT molecular complexity index is 1890. The Morgan fingerprint density at radius 2 is 1.57 bits per heavy atom. The van der Waals surface area contributed by atoms with E-state index in [-0.39, 0.29) is 22.8 Å². The largest absolute Gasteiger partial charge is 0.497 e. The molecule has 7 rings (SSSR count). The maximum absolute atomic E-state index is 14.9. The van der Waals surface area contributed by atoms with Gasteiger partial charge in [0.15, 0.2) is 17.3 Å². The zero-order chi connectivity index (χ0) is 30.7. The van der Waals surface area contributed by atoms with Gasteiger partial charge in [-0.25, -0.2) is 0 Å². The molecule has 1 spiro atoms. The lowest BCUT2D eigenvalue weighted by Crippen LogP contribution is -2.48. The van der Waals surface area contributed by atoms with Crippen LogP contribution in [0, 0.1) is 15.5 Å². The minimum absolute atomic E-state index is 0.0920. The lowest BCUT2D eigenvalue weighted by molar-refractivity contribution is -0.384. The third-order valence-electron chi connectivity index (χ3n) is 9.10. The van der Waals surface area contributed by atoms with Gasteiger partial charge in [0.05, 0.1) is 25.2 Å². The number of methoxy groups -OCH3 is 2. The Kier molecular flexibility index (Phi) is 6.21. The fraction of sp³-hybridized carbons (Fsp3) is 0.171. The van der Waals surface area contributed by atoms with Crippen LogP contribution in [0.4, 0.5) is 11.4 Å². The molecular weight excluding hydrogens is 560 g/mol. The van der Waals surface area contributed by atoms with Crippen molar-refractivity contribution < 1.29 is 28.8 Å². The molecular formula is C35H26N2O7. The minimum Gasteiger partial charge on any atom is -0.497 e. The highest BCUT2D eigenvalue weighted by molar-refractivity contribution is 6.32. The number of nitro benzene ring substituents is 1. The monoisotopic (exact) mass is 586 g/mol. The first-order valence-electron chi connectivity index (χ1n) is 14.1. The van der Waals surface area contributed by atoms with E-state index in [0.29, 0.717) is 33.9 Å². The number of para-hydroxylation sites is 1. The van der Waals surface area contributed by atoms with E-state index in [9.17, 15) is 24.5 Å². The van der Waals surface area contributed by atoms with Gasteiger partial charge in [-0.2, -0.15) is 0 Å². The van der Waals surface area contributed by atoms with Gasteiger partial charge in [-0.05, 0) is 29.8 Å². The summed E-state index contributed by atoms with van der Waals surface area (Å²) in [7, 11) is 2.99. The number of benzene rings is 4. The lowest BCUT2D eigenvalue weighted by atomic mass is 9.64. The van der Waals surface area contributed by atoms with Crippen molar-refractivity contribution in [3.8, 4) is 11.5 Å². The van der Waals surface area contributed by atoms with Crippen LogP contribution in [0.2, 0.25) is 0 Å². The van der Waals surface area contributed by atoms with Crippen LogP contribution in [0.5, 0.6) is 11.5 Å². The summed E-state index contributed by atoms with van der Waals surface area (Å²) in [5.74, 6) is -1.48. The summed E-state index contributed by atoms with van der Waals surface area (Å²) in [6.45, 7) is 0. The highest BCUT2D eigenvalue weighted by Gasteiger charge is 2.72. The van der Waals surface area contributed by atoms with Crippen LogP contribution < -0.4 is 14.4 Å². The second-order valence-corrected chi connectivity index (χ2v) is 11.0. The number of carbonyl (C=O) groups excluding carboxylic acids is 3. The zero-order valence-corrected chi connectivity index (χ0v) is 23.8. The molecule has 0 aromatic heterocycles. The molecule has 4 aromatic rings. The average molecular weight is 587 g/mol. The fourth-order valence-electron chi connectivity index (χ4n) is 7.29. The second-order valence-electron chi connectivity index (χ2n) is 11.0. The first kappa shape index (κ1) is 27.3. The second kappa shape index (κ2) is 10.0. The van der Waals surface area contributed by atoms with Gasteiger partial charge in [0.25, 0.3) is 5.69 Å². The van der Waals surface area contributed by atoms with Crippen LogP contribution in [0.25, 0.3) is 6.08 Å². The molecule has 1 aliphatic carbocycles. The molecule has 0 amide bonds. The van der Waals surface area contributed by atoms with E-state index >= 15 is 0 Å². The highest BCUT2D eigenvalue weighted by Crippen LogP contribution is 2.62. The fourth-order valence-corrected chi connectivity index (χ4v) is 7.29. The number of hydrogen-bond donors (Lipinski definition) is 0. The number of Topliss-reactive ketones (excluding diaryl/α,β-unsaturated/α-hetero) is 3. The third kappa shape index (κ3) is 3.62. The molecule has 0 N–H and O–H groups in total. The normalized spacial score (nSPS) is 20.7. The molecule has 1 fully saturated rings. The summed E-state index contributed by atoms with van der Waals surface area (Å²) in [4.78, 5) is 57.5. The van der Waals surface area contributed by atoms with Crippen LogP contribution in [0.3, 0.4) is 0 Å². The standard InChI is InChI=1S/C35H26N2O7/c1-43-23-15-16-28(44-2)26(19-23)30-31(32(38)21-9-7-10-22(18-21)37(41)42)36-27-13-6-3-8-20(27)14-17-29(36)35(30)33(39)24-11-4-5-12-25(24)34(35)40/h3-19,29-31H,1-2H3/t29-,30+,31+/m1/s1. The van der Waals surface area contributed by atoms with E-state index in [0.717, 1.165) is 5.56 Å². The van der Waals surface area contributed by atoms with Crippen LogP contribution in [0.15, 0.2) is 97.1 Å². The van der Waals surface area contributed by atoms with Crippen LogP contribution >= 0.6 is 0 Å². The molecule has 1 saturated heterocycles. The van der Waals surface area contributed by atoms with E-state index in [1.165, 1.54) is 38.5 Å². The van der Waals surface area contributed by atoms with Crippen molar-refractivity contribution in [2.45, 2.75) is 18.0 Å². The molecule has 9 nitrogen and oxygen atoms in total. The van der Waals surface area contributed by atoms with Gasteiger partial charge in [-0.15, -0.1) is 0 Å². The van der Waals surface area contributed by atoms with E-state index in [2.05, 4.69) is 0 Å². The van der Waals surface area contributed by atoms with E-state index in [1.54, 1.807) is 42.5 Å². The maximum atomic E-state index is 14.9. The van der Waals surface area contributed by atoms with Crippen LogP contribution in [-0.2, 0) is 0 Å². The van der Waals surface area contributed by atoms with Crippen molar-refractivity contribution in [2.24, 2.45) is 5.41 Å². The predicted octanol–water partition coefficient (Wildman–Crippen LogP) is 5.93. The first-order chi connectivity index (χ1) is 21.3. The number of anilines is 1. The Morgan fingerprint density at radius 3 is 2.25 bits per heavy atom. The van der Waals surface area contributed by atoms with Crippen molar-refractivity contribution in [3.63, 3.8) is 0 Å². The smallest absolute Gasteiger partial charge is 0.270 e. The summed E-state index contributed by atoms with van der Waals surface area (Å²) in [6.07, 6.45) is 3.70.